The summed E-state index contributed by atoms with van der Waals surface area (Å²) in [6, 6.07) is 13.5. The van der Waals surface area contributed by atoms with Crippen molar-refractivity contribution in [3.05, 3.63) is 112 Å². The molecule has 3 N–H and O–H groups in total. The average molecular weight is 791 g/mol. The van der Waals surface area contributed by atoms with Gasteiger partial charge >= 0.3 is 5.97 Å². The summed E-state index contributed by atoms with van der Waals surface area (Å²) in [5.41, 5.74) is 8.98. The van der Waals surface area contributed by atoms with Crippen molar-refractivity contribution < 1.29 is 92.4 Å². The maximum Gasteiger partial charge on any atom is 0.335 e. The van der Waals surface area contributed by atoms with Gasteiger partial charge in [0.05, 0.1) is 5.56 Å². The number of halogens is 3. The van der Waals surface area contributed by atoms with Crippen LogP contribution >= 0.6 is 0 Å². The number of aryl methyl sites for hydroxylation is 4. The smallest absolute Gasteiger partial charge is 0.335 e. The predicted octanol–water partition coefficient (Wildman–Crippen LogP) is 7.03. The van der Waals surface area contributed by atoms with E-state index in [4.69, 9.17) is 10.8 Å². The Morgan fingerprint density at radius 1 is 0.771 bits per heavy atom. The normalized spacial score (nSPS) is 8.23. The molecule has 0 saturated carbocycles. The summed E-state index contributed by atoms with van der Waals surface area (Å²) >= 11 is 0. The third kappa shape index (κ3) is 16.3. The van der Waals surface area contributed by atoms with E-state index in [1.165, 1.54) is 37.7 Å². The molecular weight excluding hydrogens is 758 g/mol. The summed E-state index contributed by atoms with van der Waals surface area (Å²) in [6.45, 7) is 8.41. The zero-order valence-electron chi connectivity index (χ0n) is 18.8. The summed E-state index contributed by atoms with van der Waals surface area (Å²) in [6.07, 6.45) is 0. The van der Waals surface area contributed by atoms with Gasteiger partial charge in [-0.1, -0.05) is 44.2 Å². The second kappa shape index (κ2) is 22.1. The molecule has 0 aromatic heterocycles. The molecule has 0 saturated heterocycles. The topological polar surface area (TPSA) is 91.8 Å². The second-order valence-corrected chi connectivity index (χ2v) is 6.70. The first-order chi connectivity index (χ1) is 14.0. The Hall–Kier alpha value is -1.13. The van der Waals surface area contributed by atoms with Gasteiger partial charge in [-0.3, -0.25) is 0 Å². The Balaban J connectivity index is -0.000000120. The van der Waals surface area contributed by atoms with Gasteiger partial charge in [0.1, 0.15) is 17.5 Å². The first kappa shape index (κ1) is 43.9. The number of benzene rings is 3. The van der Waals surface area contributed by atoms with Crippen LogP contribution in [0.4, 0.5) is 13.2 Å². The summed E-state index contributed by atoms with van der Waals surface area (Å²) in [4.78, 5) is 10.3. The van der Waals surface area contributed by atoms with Crippen LogP contribution in [0.2, 0.25) is 0 Å². The van der Waals surface area contributed by atoms with E-state index in [0.717, 1.165) is 22.8 Å². The Kier molecular flexibility index (Phi) is 27.7. The number of carboxylic acids is 1. The van der Waals surface area contributed by atoms with Crippen LogP contribution < -0.4 is 5.73 Å². The van der Waals surface area contributed by atoms with Gasteiger partial charge < -0.3 is 16.3 Å². The fourth-order valence-electron chi connectivity index (χ4n) is 2.34. The number of nitrogens with two attached hydrogens (primary N) is 1. The minimum atomic E-state index is -1.03. The molecular formula is C26H33F3NO3UY-3. The van der Waals surface area contributed by atoms with E-state index in [1.807, 2.05) is 13.0 Å². The molecule has 0 amide bonds. The number of carboxylic acid groups (broad SMARTS) is 1. The summed E-state index contributed by atoms with van der Waals surface area (Å²) in [5, 5.41) is 8.48. The molecule has 191 valence electrons. The summed E-state index contributed by atoms with van der Waals surface area (Å²) in [5.74, 6) is -1.73. The SMILES string of the molecule is C.C.Cc1cc(C(=O)O)ccc1F.Cc1cc([CH-]N)ccc1F.Cc1ccc(F)c(C)c1.[O-2].[U].[Y]. The molecule has 35 heavy (non-hydrogen) atoms. The van der Waals surface area contributed by atoms with E-state index in [-0.39, 0.29) is 107 Å². The molecule has 0 aliphatic heterocycles. The average Bonchev–Trinajstić information content (AvgIpc) is 2.70. The van der Waals surface area contributed by atoms with Crippen LogP contribution in [0.15, 0.2) is 54.6 Å². The third-order valence-corrected chi connectivity index (χ3v) is 4.09. The maximum atomic E-state index is 12.6. The number of carbonyl (C=O) groups is 1. The molecule has 0 heterocycles. The molecule has 0 unspecified atom stereocenters. The molecule has 4 nitrogen and oxygen atoms in total. The van der Waals surface area contributed by atoms with Crippen molar-refractivity contribution in [3.8, 4) is 0 Å². The van der Waals surface area contributed by atoms with Crippen molar-refractivity contribution in [1.29, 1.82) is 0 Å². The molecule has 9 heteroatoms. The third-order valence-electron chi connectivity index (χ3n) is 4.09. The fourth-order valence-corrected chi connectivity index (χ4v) is 2.34. The minimum Gasteiger partial charge on any atom is -2.00 e. The van der Waals surface area contributed by atoms with Gasteiger partial charge in [0, 0.05) is 63.8 Å². The molecule has 0 fully saturated rings. The van der Waals surface area contributed by atoms with Crippen molar-refractivity contribution in [2.45, 2.75) is 42.5 Å². The van der Waals surface area contributed by atoms with Crippen LogP contribution in [0.3, 0.4) is 0 Å². The van der Waals surface area contributed by atoms with Crippen LogP contribution in [-0.4, -0.2) is 11.1 Å². The van der Waals surface area contributed by atoms with E-state index >= 15 is 0 Å². The maximum absolute atomic E-state index is 12.6. The molecule has 3 aromatic rings. The number of hydrogen-bond acceptors (Lipinski definition) is 2. The Labute approximate surface area is 256 Å². The van der Waals surface area contributed by atoms with Gasteiger partial charge in [-0.2, -0.15) is 17.7 Å². The van der Waals surface area contributed by atoms with Gasteiger partial charge in [0.2, 0.25) is 0 Å². The van der Waals surface area contributed by atoms with Crippen LogP contribution in [0.1, 0.15) is 53.0 Å². The monoisotopic (exact) mass is 791 g/mol. The molecule has 0 bridgehead atoms. The Morgan fingerprint density at radius 3 is 1.51 bits per heavy atom. The van der Waals surface area contributed by atoms with Crippen LogP contribution in [0.5, 0.6) is 0 Å². The van der Waals surface area contributed by atoms with Crippen molar-refractivity contribution in [2.24, 2.45) is 5.73 Å². The van der Waals surface area contributed by atoms with E-state index in [2.05, 4.69) is 0 Å². The van der Waals surface area contributed by atoms with Crippen molar-refractivity contribution in [3.63, 3.8) is 0 Å². The second-order valence-electron chi connectivity index (χ2n) is 6.70. The molecule has 3 aromatic carbocycles. The van der Waals surface area contributed by atoms with Gasteiger partial charge in [-0.05, 0) is 63.1 Å². The van der Waals surface area contributed by atoms with E-state index in [0.29, 0.717) is 11.1 Å². The zero-order chi connectivity index (χ0) is 22.8. The van der Waals surface area contributed by atoms with E-state index < -0.39 is 5.97 Å². The largest absolute Gasteiger partial charge is 2.00 e. The molecule has 0 aliphatic carbocycles. The number of aromatic carboxylic acids is 1. The number of hydrogen-bond donors (Lipinski definition) is 2. The molecule has 1 radical (unpaired) electrons. The van der Waals surface area contributed by atoms with E-state index in [9.17, 15) is 18.0 Å². The minimum absolute atomic E-state index is 0. The van der Waals surface area contributed by atoms with Crippen molar-refractivity contribution >= 4 is 5.97 Å². The van der Waals surface area contributed by atoms with Crippen molar-refractivity contribution in [1.82, 2.24) is 0 Å². The van der Waals surface area contributed by atoms with Gasteiger partial charge in [0.15, 0.2) is 0 Å². The first-order valence-corrected chi connectivity index (χ1v) is 9.08. The van der Waals surface area contributed by atoms with Crippen LogP contribution in [-0.2, 0) is 38.2 Å². The standard InChI is InChI=1S/C8H9FN.C8H7FO2.C8H9F.2CH4.O.U.Y/c1-6-4-7(5-10)2-3-8(6)9;1-5-4-6(8(10)11)2-3-7(5)9;1-6-3-4-8(9)7(2)5-6;;;;;/h2-5H,10H2,1H3;2-4H,1H3,(H,10,11);3-5H,1-2H3;2*1H4;;;/q-1;;;;;-2;;. The van der Waals surface area contributed by atoms with Crippen molar-refractivity contribution in [2.75, 3.05) is 0 Å². The first-order valence-electron chi connectivity index (χ1n) is 9.08. The quantitative estimate of drug-likeness (QED) is 0.274. The molecule has 0 spiro atoms. The van der Waals surface area contributed by atoms with E-state index in [1.54, 1.807) is 32.0 Å². The Morgan fingerprint density at radius 2 is 1.17 bits per heavy atom. The predicted molar refractivity (Wildman–Crippen MR) is 127 cm³/mol. The van der Waals surface area contributed by atoms with Gasteiger partial charge in [-0.15, -0.1) is 6.54 Å². The molecule has 3 rings (SSSR count). The molecule has 0 atom stereocenters. The summed E-state index contributed by atoms with van der Waals surface area (Å²) < 4.78 is 37.6. The van der Waals surface area contributed by atoms with Crippen LogP contribution in [0, 0.1) is 82.8 Å². The zero-order valence-corrected chi connectivity index (χ0v) is 25.8. The van der Waals surface area contributed by atoms with Gasteiger partial charge in [0.25, 0.3) is 0 Å². The Bertz CT molecular complexity index is 1020. The van der Waals surface area contributed by atoms with Crippen LogP contribution in [0.25, 0.3) is 0 Å². The summed E-state index contributed by atoms with van der Waals surface area (Å²) in [7, 11) is 0. The number of rotatable bonds is 2. The van der Waals surface area contributed by atoms with Gasteiger partial charge in [-0.25, -0.2) is 18.0 Å². The fraction of sp³-hybridized carbons (Fsp3) is 0.231. The molecule has 0 aliphatic rings.